The largest absolute Gasteiger partial charge is 0.345 e. The zero-order valence-corrected chi connectivity index (χ0v) is 18.6. The lowest BCUT2D eigenvalue weighted by molar-refractivity contribution is 0.103. The number of halogens is 3. The highest BCUT2D eigenvalue weighted by molar-refractivity contribution is 7.91. The van der Waals surface area contributed by atoms with Crippen LogP contribution in [0.3, 0.4) is 0 Å². The second-order valence-corrected chi connectivity index (χ2v) is 10.5. The molecule has 3 heterocycles. The number of pyridine rings is 1. The van der Waals surface area contributed by atoms with Crippen molar-refractivity contribution >= 4 is 49.8 Å². The number of rotatable bonds is 5. The predicted octanol–water partition coefficient (Wildman–Crippen LogP) is 4.30. The van der Waals surface area contributed by atoms with Gasteiger partial charge in [0.15, 0.2) is 4.21 Å². The molecule has 162 valence electrons. The molecule has 12 heteroatoms. The third-order valence-corrected chi connectivity index (χ3v) is 8.02. The third-order valence-electron chi connectivity index (χ3n) is 4.64. The van der Waals surface area contributed by atoms with Crippen molar-refractivity contribution < 1.29 is 22.0 Å². The van der Waals surface area contributed by atoms with Crippen molar-refractivity contribution in [3.8, 4) is 0 Å². The zero-order chi connectivity index (χ0) is 22.5. The Kier molecular flexibility index (Phi) is 5.54. The lowest BCUT2D eigenvalue weighted by Gasteiger charge is -2.20. The first-order valence-corrected chi connectivity index (χ1v) is 11.6. The van der Waals surface area contributed by atoms with Crippen LogP contribution in [-0.4, -0.2) is 35.2 Å². The maximum Gasteiger partial charge on any atom is 0.252 e. The van der Waals surface area contributed by atoms with Gasteiger partial charge in [0, 0.05) is 35.8 Å². The number of aryl methyl sites for hydroxylation is 2. The molecular formula is C19H15ClF2N4O3S2. The molecule has 1 aliphatic carbocycles. The smallest absolute Gasteiger partial charge is 0.252 e. The van der Waals surface area contributed by atoms with Crippen molar-refractivity contribution in [1.29, 1.82) is 0 Å². The third kappa shape index (κ3) is 4.05. The van der Waals surface area contributed by atoms with Gasteiger partial charge in [-0.1, -0.05) is 11.6 Å². The Morgan fingerprint density at radius 2 is 2.10 bits per heavy atom. The first-order chi connectivity index (χ1) is 14.6. The van der Waals surface area contributed by atoms with Crippen LogP contribution >= 0.6 is 22.9 Å². The molecule has 0 fully saturated rings. The van der Waals surface area contributed by atoms with Gasteiger partial charge in [0.05, 0.1) is 21.3 Å². The van der Waals surface area contributed by atoms with E-state index in [0.29, 0.717) is 21.7 Å². The van der Waals surface area contributed by atoms with Crippen LogP contribution in [0, 0.1) is 13.8 Å². The van der Waals surface area contributed by atoms with Gasteiger partial charge >= 0.3 is 0 Å². The summed E-state index contributed by atoms with van der Waals surface area (Å²) in [6.07, 6.45) is 3.05. The van der Waals surface area contributed by atoms with Crippen molar-refractivity contribution in [2.24, 2.45) is 0 Å². The Morgan fingerprint density at radius 3 is 2.74 bits per heavy atom. The van der Waals surface area contributed by atoms with E-state index in [1.807, 2.05) is 0 Å². The van der Waals surface area contributed by atoms with Gasteiger partial charge in [-0.2, -0.15) is 0 Å². The Morgan fingerprint density at radius 1 is 1.35 bits per heavy atom. The van der Waals surface area contributed by atoms with Crippen molar-refractivity contribution in [1.82, 2.24) is 19.7 Å². The van der Waals surface area contributed by atoms with Crippen molar-refractivity contribution in [3.05, 3.63) is 63.1 Å². The number of nitrogens with zero attached hydrogens (tertiary/aromatic N) is 2. The molecule has 31 heavy (non-hydrogen) atoms. The summed E-state index contributed by atoms with van der Waals surface area (Å²) < 4.78 is 57.0. The number of nitrogens with one attached hydrogen (secondary N) is 2. The Labute approximate surface area is 184 Å². The standard InChI is InChI=1S/C19H15ClF2N4O3S2/c1-8-19(30-9(2)25-8)31(28,29)26-11-4-14(21)16(15(22)5-11)17(27)13-7-24-18-12(13)3-10(20)6-23-18/h3-4,6-7,11,26H,5H2,1-2H3,(H,23,24). The minimum absolute atomic E-state index is 0.00786. The molecule has 3 aromatic heterocycles. The summed E-state index contributed by atoms with van der Waals surface area (Å²) in [5.41, 5.74) is -0.0989. The summed E-state index contributed by atoms with van der Waals surface area (Å²) in [6, 6.07) is 0.273. The molecule has 0 bridgehead atoms. The first kappa shape index (κ1) is 21.8. The molecule has 0 amide bonds. The molecule has 2 N–H and O–H groups in total. The highest BCUT2D eigenvalue weighted by Gasteiger charge is 2.32. The van der Waals surface area contributed by atoms with Crippen LogP contribution in [0.1, 0.15) is 27.5 Å². The number of thiazole rings is 1. The normalized spacial score (nSPS) is 17.3. The number of Topliss-reactive ketones (excluding diaryl/α,β-unsaturated/α-hetero) is 1. The van der Waals surface area contributed by atoms with E-state index in [4.69, 9.17) is 11.6 Å². The molecule has 7 nitrogen and oxygen atoms in total. The maximum absolute atomic E-state index is 14.8. The van der Waals surface area contributed by atoms with E-state index in [1.165, 1.54) is 25.4 Å². The minimum Gasteiger partial charge on any atom is -0.345 e. The fourth-order valence-corrected chi connectivity index (χ4v) is 6.20. The van der Waals surface area contributed by atoms with E-state index >= 15 is 0 Å². The van der Waals surface area contributed by atoms with Crippen molar-refractivity contribution in [2.45, 2.75) is 30.5 Å². The van der Waals surface area contributed by atoms with Gasteiger partial charge in [0.2, 0.25) is 5.78 Å². The highest BCUT2D eigenvalue weighted by atomic mass is 35.5. The summed E-state index contributed by atoms with van der Waals surface area (Å²) in [7, 11) is -4.04. The van der Waals surface area contributed by atoms with E-state index in [0.717, 1.165) is 17.4 Å². The molecule has 0 saturated carbocycles. The Balaban J connectivity index is 1.62. The number of allylic oxidation sites excluding steroid dienone is 2. The average molecular weight is 485 g/mol. The molecule has 4 rings (SSSR count). The number of ketones is 1. The van der Waals surface area contributed by atoms with Gasteiger partial charge in [-0.3, -0.25) is 4.79 Å². The van der Waals surface area contributed by atoms with Crippen LogP contribution in [0.5, 0.6) is 0 Å². The molecule has 1 aliphatic rings. The van der Waals surface area contributed by atoms with Crippen LogP contribution in [0.25, 0.3) is 11.0 Å². The molecule has 1 atom stereocenters. The van der Waals surface area contributed by atoms with Gasteiger partial charge in [0.25, 0.3) is 10.0 Å². The molecule has 0 aliphatic heterocycles. The summed E-state index contributed by atoms with van der Waals surface area (Å²) in [6.45, 7) is 3.19. The van der Waals surface area contributed by atoms with E-state index in [9.17, 15) is 22.0 Å². The van der Waals surface area contributed by atoms with Gasteiger partial charge < -0.3 is 4.98 Å². The van der Waals surface area contributed by atoms with Crippen LogP contribution in [-0.2, 0) is 10.0 Å². The molecule has 0 spiro atoms. The van der Waals surface area contributed by atoms with Crippen LogP contribution in [0.4, 0.5) is 8.78 Å². The van der Waals surface area contributed by atoms with Crippen LogP contribution in [0.2, 0.25) is 5.02 Å². The van der Waals surface area contributed by atoms with Gasteiger partial charge in [0.1, 0.15) is 17.3 Å². The number of fused-ring (bicyclic) bond motifs is 1. The minimum atomic E-state index is -4.04. The fourth-order valence-electron chi connectivity index (χ4n) is 3.37. The number of aromatic amines is 1. The molecular weight excluding hydrogens is 470 g/mol. The summed E-state index contributed by atoms with van der Waals surface area (Å²) in [5, 5.41) is 1.14. The van der Waals surface area contributed by atoms with E-state index in [1.54, 1.807) is 6.92 Å². The quantitative estimate of drug-likeness (QED) is 0.525. The van der Waals surface area contributed by atoms with Gasteiger partial charge in [-0.15, -0.1) is 11.3 Å². The summed E-state index contributed by atoms with van der Waals surface area (Å²) >= 11 is 6.87. The SMILES string of the molecule is Cc1nc(C)c(S(=O)(=O)NC2C=C(F)C(C(=O)c3c[nH]c4ncc(Cl)cc34)=C(F)C2)s1. The van der Waals surface area contributed by atoms with Gasteiger partial charge in [-0.05, 0) is 26.0 Å². The highest BCUT2D eigenvalue weighted by Crippen LogP contribution is 2.33. The van der Waals surface area contributed by atoms with E-state index in [2.05, 4.69) is 19.7 Å². The number of aromatic nitrogens is 3. The number of hydrogen-bond acceptors (Lipinski definition) is 6. The summed E-state index contributed by atoms with van der Waals surface area (Å²) in [5.74, 6) is -3.10. The first-order valence-electron chi connectivity index (χ1n) is 8.97. The number of carbonyl (C=O) groups is 1. The molecule has 3 aromatic rings. The number of sulfonamides is 1. The van der Waals surface area contributed by atoms with Crippen LogP contribution in [0.15, 0.2) is 46.0 Å². The molecule has 0 aromatic carbocycles. The second-order valence-electron chi connectivity index (χ2n) is 6.91. The fraction of sp³-hybridized carbons (Fsp3) is 0.211. The number of carbonyl (C=O) groups excluding carboxylic acids is 1. The van der Waals surface area contributed by atoms with E-state index < -0.39 is 45.5 Å². The van der Waals surface area contributed by atoms with Crippen molar-refractivity contribution in [3.63, 3.8) is 0 Å². The summed E-state index contributed by atoms with van der Waals surface area (Å²) in [4.78, 5) is 23.7. The number of H-pyrrole nitrogens is 1. The zero-order valence-electron chi connectivity index (χ0n) is 16.2. The average Bonchev–Trinajstić information content (AvgIpc) is 3.23. The van der Waals surface area contributed by atoms with Crippen molar-refractivity contribution in [2.75, 3.05) is 0 Å². The predicted molar refractivity (Wildman–Crippen MR) is 113 cm³/mol. The monoisotopic (exact) mass is 484 g/mol. The molecule has 0 radical (unpaired) electrons. The second kappa shape index (κ2) is 7.90. The lowest BCUT2D eigenvalue weighted by Crippen LogP contribution is -2.35. The van der Waals surface area contributed by atoms with Crippen LogP contribution < -0.4 is 4.72 Å². The lowest BCUT2D eigenvalue weighted by atomic mass is 9.94. The van der Waals surface area contributed by atoms with Gasteiger partial charge in [-0.25, -0.2) is 31.9 Å². The Bertz CT molecular complexity index is 1390. The van der Waals surface area contributed by atoms with E-state index in [-0.39, 0.29) is 14.8 Å². The molecule has 0 saturated heterocycles. The Hall–Kier alpha value is -2.47. The number of hydrogen-bond donors (Lipinski definition) is 2. The maximum atomic E-state index is 14.8. The topological polar surface area (TPSA) is 105 Å². The molecule has 1 unspecified atom stereocenters.